The Kier molecular flexibility index (Phi) is 6.56. The van der Waals surface area contributed by atoms with Gasteiger partial charge in [-0.2, -0.15) is 5.26 Å². The highest BCUT2D eigenvalue weighted by Crippen LogP contribution is 2.37. The molecule has 1 heterocycles. The molecule has 1 aliphatic rings. The lowest BCUT2D eigenvalue weighted by Gasteiger charge is -2.26. The summed E-state index contributed by atoms with van der Waals surface area (Å²) in [6, 6.07) is 5.17. The summed E-state index contributed by atoms with van der Waals surface area (Å²) in [6.07, 6.45) is 1.47. The maximum absolute atomic E-state index is 12.5. The molecular weight excluding hydrogens is 392 g/mol. The van der Waals surface area contributed by atoms with Crippen LogP contribution in [0.3, 0.4) is 0 Å². The number of halogens is 1. The molecule has 0 spiro atoms. The first-order chi connectivity index (χ1) is 12.0. The maximum atomic E-state index is 12.5. The van der Waals surface area contributed by atoms with Gasteiger partial charge in [-0.05, 0) is 39.7 Å². The van der Waals surface area contributed by atoms with Crippen LogP contribution >= 0.6 is 15.9 Å². The highest BCUT2D eigenvalue weighted by Gasteiger charge is 2.21. The molecule has 1 amide bonds. The number of nitrogens with zero attached hydrogens (tertiary/aromatic N) is 2. The Morgan fingerprint density at radius 2 is 2.04 bits per heavy atom. The SMILES string of the molecule is COc1cc(/C=C(\C#N)C(=O)N2CCOCC2)cc(Br)c1OC(C)=O. The molecular formula is C17H17BrN2O5. The van der Waals surface area contributed by atoms with Crippen LogP contribution in [0.2, 0.25) is 0 Å². The molecule has 1 aromatic rings. The van der Waals surface area contributed by atoms with Gasteiger partial charge in [0.2, 0.25) is 0 Å². The quantitative estimate of drug-likeness (QED) is 0.328. The molecule has 132 valence electrons. The van der Waals surface area contributed by atoms with E-state index >= 15 is 0 Å². The second kappa shape index (κ2) is 8.65. The number of methoxy groups -OCH3 is 1. The molecule has 7 nitrogen and oxygen atoms in total. The predicted octanol–water partition coefficient (Wildman–Crippen LogP) is 2.15. The molecule has 0 aromatic heterocycles. The Morgan fingerprint density at radius 1 is 1.36 bits per heavy atom. The monoisotopic (exact) mass is 408 g/mol. The lowest BCUT2D eigenvalue weighted by Crippen LogP contribution is -2.41. The van der Waals surface area contributed by atoms with Gasteiger partial charge in [0.25, 0.3) is 5.91 Å². The van der Waals surface area contributed by atoms with Crippen LogP contribution < -0.4 is 9.47 Å². The number of esters is 1. The zero-order chi connectivity index (χ0) is 18.4. The summed E-state index contributed by atoms with van der Waals surface area (Å²) in [4.78, 5) is 25.2. The first kappa shape index (κ1) is 19.0. The average molecular weight is 409 g/mol. The zero-order valence-corrected chi connectivity index (χ0v) is 15.5. The van der Waals surface area contributed by atoms with Gasteiger partial charge in [-0.25, -0.2) is 0 Å². The molecule has 1 saturated heterocycles. The lowest BCUT2D eigenvalue weighted by molar-refractivity contribution is -0.132. The molecule has 25 heavy (non-hydrogen) atoms. The first-order valence-corrected chi connectivity index (χ1v) is 8.30. The van der Waals surface area contributed by atoms with Gasteiger partial charge in [0.1, 0.15) is 11.6 Å². The molecule has 0 aliphatic carbocycles. The number of nitriles is 1. The van der Waals surface area contributed by atoms with Crippen LogP contribution in [0.25, 0.3) is 6.08 Å². The first-order valence-electron chi connectivity index (χ1n) is 7.51. The smallest absolute Gasteiger partial charge is 0.308 e. The van der Waals surface area contributed by atoms with Crippen molar-refractivity contribution in [1.82, 2.24) is 4.90 Å². The van der Waals surface area contributed by atoms with Crippen molar-refractivity contribution in [3.63, 3.8) is 0 Å². The van der Waals surface area contributed by atoms with E-state index in [2.05, 4.69) is 15.9 Å². The fourth-order valence-corrected chi connectivity index (χ4v) is 2.85. The largest absolute Gasteiger partial charge is 0.493 e. The van der Waals surface area contributed by atoms with E-state index < -0.39 is 5.97 Å². The second-order valence-corrected chi connectivity index (χ2v) is 6.06. The second-order valence-electron chi connectivity index (χ2n) is 5.20. The topological polar surface area (TPSA) is 88.9 Å². The fourth-order valence-electron chi connectivity index (χ4n) is 2.31. The number of ether oxygens (including phenoxy) is 3. The summed E-state index contributed by atoms with van der Waals surface area (Å²) >= 11 is 3.31. The Bertz CT molecular complexity index is 748. The minimum absolute atomic E-state index is 0.0103. The van der Waals surface area contributed by atoms with Gasteiger partial charge in [-0.3, -0.25) is 9.59 Å². The fraction of sp³-hybridized carbons (Fsp3) is 0.353. The van der Waals surface area contributed by atoms with Crippen molar-refractivity contribution in [2.75, 3.05) is 33.4 Å². The van der Waals surface area contributed by atoms with Crippen LogP contribution in [0.1, 0.15) is 12.5 Å². The Balaban J connectivity index is 2.34. The van der Waals surface area contributed by atoms with Gasteiger partial charge in [-0.1, -0.05) is 0 Å². The third kappa shape index (κ3) is 4.81. The van der Waals surface area contributed by atoms with E-state index in [-0.39, 0.29) is 17.2 Å². The summed E-state index contributed by atoms with van der Waals surface area (Å²) in [6.45, 7) is 3.11. The van der Waals surface area contributed by atoms with Crippen molar-refractivity contribution in [2.24, 2.45) is 0 Å². The van der Waals surface area contributed by atoms with Gasteiger partial charge in [-0.15, -0.1) is 0 Å². The minimum atomic E-state index is -0.484. The van der Waals surface area contributed by atoms with E-state index in [1.54, 1.807) is 17.0 Å². The number of amides is 1. The third-order valence-electron chi connectivity index (χ3n) is 3.46. The highest BCUT2D eigenvalue weighted by atomic mass is 79.9. The van der Waals surface area contributed by atoms with Crippen molar-refractivity contribution in [3.05, 3.63) is 27.7 Å². The van der Waals surface area contributed by atoms with Crippen LogP contribution in [0, 0.1) is 11.3 Å². The van der Waals surface area contributed by atoms with Crippen molar-refractivity contribution in [3.8, 4) is 17.6 Å². The third-order valence-corrected chi connectivity index (χ3v) is 4.05. The van der Waals surface area contributed by atoms with Gasteiger partial charge in [0.15, 0.2) is 11.5 Å². The summed E-state index contributed by atoms with van der Waals surface area (Å²) in [5, 5.41) is 9.35. The van der Waals surface area contributed by atoms with Crippen molar-refractivity contribution in [2.45, 2.75) is 6.92 Å². The number of hydrogen-bond acceptors (Lipinski definition) is 6. The van der Waals surface area contributed by atoms with E-state index in [0.717, 1.165) is 0 Å². The molecule has 0 atom stereocenters. The van der Waals surface area contributed by atoms with Gasteiger partial charge >= 0.3 is 5.97 Å². The molecule has 2 rings (SSSR count). The summed E-state index contributed by atoms with van der Waals surface area (Å²) in [7, 11) is 1.44. The molecule has 1 fully saturated rings. The summed E-state index contributed by atoms with van der Waals surface area (Å²) in [5.74, 6) is -0.274. The van der Waals surface area contributed by atoms with Crippen LogP contribution in [0.4, 0.5) is 0 Å². The molecule has 1 aliphatic heterocycles. The van der Waals surface area contributed by atoms with Gasteiger partial charge in [0.05, 0.1) is 24.8 Å². The average Bonchev–Trinajstić information content (AvgIpc) is 2.61. The van der Waals surface area contributed by atoms with Crippen molar-refractivity contribution < 1.29 is 23.8 Å². The predicted molar refractivity (Wildman–Crippen MR) is 93.0 cm³/mol. The van der Waals surface area contributed by atoms with Crippen LogP contribution in [0.15, 0.2) is 22.2 Å². The summed E-state index contributed by atoms with van der Waals surface area (Å²) in [5.41, 5.74) is 0.578. The molecule has 8 heteroatoms. The van der Waals surface area contributed by atoms with Crippen molar-refractivity contribution in [1.29, 1.82) is 5.26 Å². The minimum Gasteiger partial charge on any atom is -0.493 e. The standard InChI is InChI=1S/C17H17BrN2O5/c1-11(21)25-16-14(18)8-12(9-15(16)23-2)7-13(10-19)17(22)20-3-5-24-6-4-20/h7-9H,3-6H2,1-2H3/b13-7+. The van der Waals surface area contributed by atoms with Crippen LogP contribution in [-0.4, -0.2) is 50.2 Å². The zero-order valence-electron chi connectivity index (χ0n) is 13.9. The Hall–Kier alpha value is -2.37. The highest BCUT2D eigenvalue weighted by molar-refractivity contribution is 9.10. The molecule has 0 saturated carbocycles. The number of rotatable bonds is 4. The lowest BCUT2D eigenvalue weighted by atomic mass is 10.1. The molecule has 0 unspecified atom stereocenters. The molecule has 0 radical (unpaired) electrons. The van der Waals surface area contributed by atoms with E-state index in [0.29, 0.717) is 42.1 Å². The maximum Gasteiger partial charge on any atom is 0.308 e. The molecule has 0 bridgehead atoms. The normalized spacial score (nSPS) is 14.6. The van der Waals surface area contributed by atoms with Gasteiger partial charge in [0, 0.05) is 20.0 Å². The van der Waals surface area contributed by atoms with Gasteiger partial charge < -0.3 is 19.1 Å². The van der Waals surface area contributed by atoms with E-state index in [1.807, 2.05) is 6.07 Å². The molecule has 0 N–H and O–H groups in total. The Labute approximate surface area is 153 Å². The number of morpholine rings is 1. The van der Waals surface area contributed by atoms with Crippen LogP contribution in [0.5, 0.6) is 11.5 Å². The Morgan fingerprint density at radius 3 is 2.60 bits per heavy atom. The van der Waals surface area contributed by atoms with Crippen molar-refractivity contribution >= 4 is 33.9 Å². The number of hydrogen-bond donors (Lipinski definition) is 0. The van der Waals surface area contributed by atoms with E-state index in [1.165, 1.54) is 20.1 Å². The number of benzene rings is 1. The van der Waals surface area contributed by atoms with Crippen LogP contribution in [-0.2, 0) is 14.3 Å². The molecule has 1 aromatic carbocycles. The number of carbonyl (C=O) groups excluding carboxylic acids is 2. The summed E-state index contributed by atoms with van der Waals surface area (Å²) < 4.78 is 16.0. The van der Waals surface area contributed by atoms with E-state index in [9.17, 15) is 14.9 Å². The van der Waals surface area contributed by atoms with E-state index in [4.69, 9.17) is 14.2 Å². The number of carbonyl (C=O) groups is 2.